The predicted molar refractivity (Wildman–Crippen MR) is 83.3 cm³/mol. The third kappa shape index (κ3) is 3.58. The molecule has 0 fully saturated rings. The van der Waals surface area contributed by atoms with Gasteiger partial charge in [-0.2, -0.15) is 0 Å². The van der Waals surface area contributed by atoms with Crippen molar-refractivity contribution < 1.29 is 14.3 Å². The first-order chi connectivity index (χ1) is 10.4. The molecule has 0 radical (unpaired) electrons. The van der Waals surface area contributed by atoms with Crippen molar-refractivity contribution in [3.05, 3.63) is 45.8 Å². The molecular weight excluding hydrogens is 329 g/mol. The van der Waals surface area contributed by atoms with Crippen molar-refractivity contribution in [2.75, 3.05) is 11.9 Å². The van der Waals surface area contributed by atoms with Gasteiger partial charge < -0.3 is 14.6 Å². The molecule has 0 atom stereocenters. The van der Waals surface area contributed by atoms with Crippen LogP contribution in [0.25, 0.3) is 0 Å². The highest BCUT2D eigenvalue weighted by atomic mass is 35.5. The van der Waals surface area contributed by atoms with Gasteiger partial charge in [0.15, 0.2) is 12.4 Å². The number of aryl methyl sites for hydroxylation is 1. The number of carbonyl (C=O) groups is 2. The molecule has 1 amide bonds. The third-order valence-corrected chi connectivity index (χ3v) is 3.79. The van der Waals surface area contributed by atoms with Crippen molar-refractivity contribution in [3.8, 4) is 0 Å². The third-order valence-electron chi connectivity index (χ3n) is 2.95. The average Bonchev–Trinajstić information content (AvgIpc) is 2.91. The number of pyridine rings is 1. The normalized spacial score (nSPS) is 10.4. The van der Waals surface area contributed by atoms with Crippen LogP contribution in [-0.2, 0) is 16.6 Å². The lowest BCUT2D eigenvalue weighted by Crippen LogP contribution is -2.22. The summed E-state index contributed by atoms with van der Waals surface area (Å²) in [6.45, 7) is 1.27. The number of carbonyl (C=O) groups excluding carboxylic acids is 2. The second-order valence-electron chi connectivity index (χ2n) is 4.52. The van der Waals surface area contributed by atoms with E-state index >= 15 is 0 Å². The molecule has 2 rings (SSSR count). The van der Waals surface area contributed by atoms with Gasteiger partial charge in [-0.3, -0.25) is 4.79 Å². The van der Waals surface area contributed by atoms with E-state index in [1.54, 1.807) is 36.9 Å². The van der Waals surface area contributed by atoms with Crippen LogP contribution >= 0.6 is 23.2 Å². The Balaban J connectivity index is 1.95. The van der Waals surface area contributed by atoms with Crippen molar-refractivity contribution >= 4 is 40.9 Å². The Bertz CT molecular complexity index is 728. The number of anilines is 1. The number of rotatable bonds is 4. The second kappa shape index (κ2) is 6.81. The van der Waals surface area contributed by atoms with E-state index in [4.69, 9.17) is 27.9 Å². The van der Waals surface area contributed by atoms with Crippen LogP contribution in [0.4, 0.5) is 5.82 Å². The molecule has 2 aromatic rings. The molecule has 0 spiro atoms. The lowest BCUT2D eigenvalue weighted by molar-refractivity contribution is -0.119. The van der Waals surface area contributed by atoms with Gasteiger partial charge in [0, 0.05) is 19.4 Å². The van der Waals surface area contributed by atoms with E-state index in [-0.39, 0.29) is 10.8 Å². The van der Waals surface area contributed by atoms with Crippen LogP contribution in [0.1, 0.15) is 16.1 Å². The predicted octanol–water partition coefficient (Wildman–Crippen LogP) is 2.83. The molecular formula is C14H13Cl2N3O3. The molecule has 0 saturated carbocycles. The molecule has 6 nitrogen and oxygen atoms in total. The van der Waals surface area contributed by atoms with Crippen LogP contribution in [0.15, 0.2) is 24.5 Å². The summed E-state index contributed by atoms with van der Waals surface area (Å²) in [6.07, 6.45) is 3.09. The molecule has 0 aliphatic rings. The van der Waals surface area contributed by atoms with Crippen LogP contribution < -0.4 is 5.32 Å². The molecule has 8 heteroatoms. The van der Waals surface area contributed by atoms with E-state index in [1.807, 2.05) is 0 Å². The lowest BCUT2D eigenvalue weighted by atomic mass is 10.3. The van der Waals surface area contributed by atoms with Gasteiger partial charge in [0.25, 0.3) is 5.91 Å². The van der Waals surface area contributed by atoms with Crippen molar-refractivity contribution in [3.63, 3.8) is 0 Å². The topological polar surface area (TPSA) is 73.2 Å². The van der Waals surface area contributed by atoms with Crippen LogP contribution in [-0.4, -0.2) is 28.0 Å². The number of hydrogen-bond acceptors (Lipinski definition) is 4. The van der Waals surface area contributed by atoms with Crippen LogP contribution in [0.5, 0.6) is 0 Å². The summed E-state index contributed by atoms with van der Waals surface area (Å²) in [6, 6.07) is 3.30. The Morgan fingerprint density at radius 3 is 2.77 bits per heavy atom. The van der Waals surface area contributed by atoms with Gasteiger partial charge in [-0.15, -0.1) is 0 Å². The summed E-state index contributed by atoms with van der Waals surface area (Å²) >= 11 is 11.9. The zero-order valence-electron chi connectivity index (χ0n) is 11.9. The number of aromatic nitrogens is 2. The molecule has 0 unspecified atom stereocenters. The van der Waals surface area contributed by atoms with Gasteiger partial charge >= 0.3 is 5.97 Å². The second-order valence-corrected chi connectivity index (χ2v) is 5.31. The zero-order chi connectivity index (χ0) is 16.3. The van der Waals surface area contributed by atoms with E-state index in [0.29, 0.717) is 16.3 Å². The smallest absolute Gasteiger partial charge is 0.355 e. The van der Waals surface area contributed by atoms with Gasteiger partial charge in [0.1, 0.15) is 5.69 Å². The molecule has 0 aliphatic heterocycles. The van der Waals surface area contributed by atoms with Crippen LogP contribution in [0.3, 0.4) is 0 Å². The highest BCUT2D eigenvalue weighted by Gasteiger charge is 2.15. The Kier molecular flexibility index (Phi) is 5.05. The Morgan fingerprint density at radius 2 is 2.14 bits per heavy atom. The minimum atomic E-state index is -0.589. The summed E-state index contributed by atoms with van der Waals surface area (Å²) in [4.78, 5) is 27.5. The fourth-order valence-electron chi connectivity index (χ4n) is 1.69. The molecule has 22 heavy (non-hydrogen) atoms. The van der Waals surface area contributed by atoms with Crippen molar-refractivity contribution in [2.45, 2.75) is 6.92 Å². The number of nitrogens with one attached hydrogen (secondary N) is 1. The summed E-state index contributed by atoms with van der Waals surface area (Å²) in [7, 11) is 1.71. The van der Waals surface area contributed by atoms with Gasteiger partial charge in [-0.05, 0) is 24.6 Å². The van der Waals surface area contributed by atoms with Gasteiger partial charge in [0.05, 0.1) is 10.0 Å². The maximum atomic E-state index is 11.8. The molecule has 1 N–H and O–H groups in total. The summed E-state index contributed by atoms with van der Waals surface area (Å²) in [5.41, 5.74) is 0.959. The fourth-order valence-corrected chi connectivity index (χ4v) is 2.08. The molecule has 2 aromatic heterocycles. The van der Waals surface area contributed by atoms with Gasteiger partial charge in [-0.25, -0.2) is 9.78 Å². The van der Waals surface area contributed by atoms with Crippen LogP contribution in [0, 0.1) is 6.92 Å². The SMILES string of the molecule is Cc1c(Cl)cnc(NC(=O)COC(=O)c2cccn2C)c1Cl. The molecule has 0 aromatic carbocycles. The number of halogens is 2. The molecule has 0 bridgehead atoms. The first-order valence-corrected chi connectivity index (χ1v) is 7.04. The van der Waals surface area contributed by atoms with Crippen molar-refractivity contribution in [1.29, 1.82) is 0 Å². The maximum Gasteiger partial charge on any atom is 0.355 e. The Morgan fingerprint density at radius 1 is 1.41 bits per heavy atom. The van der Waals surface area contributed by atoms with E-state index < -0.39 is 18.5 Å². The zero-order valence-corrected chi connectivity index (χ0v) is 13.4. The Hall–Kier alpha value is -2.05. The molecule has 2 heterocycles. The van der Waals surface area contributed by atoms with Gasteiger partial charge in [0.2, 0.25) is 0 Å². The summed E-state index contributed by atoms with van der Waals surface area (Å²) in [5.74, 6) is -0.962. The average molecular weight is 342 g/mol. The maximum absolute atomic E-state index is 11.8. The van der Waals surface area contributed by atoms with Crippen molar-refractivity contribution in [1.82, 2.24) is 9.55 Å². The lowest BCUT2D eigenvalue weighted by Gasteiger charge is -2.09. The quantitative estimate of drug-likeness (QED) is 0.867. The number of nitrogens with zero attached hydrogens (tertiary/aromatic N) is 2. The minimum Gasteiger partial charge on any atom is -0.451 e. The number of esters is 1. The highest BCUT2D eigenvalue weighted by Crippen LogP contribution is 2.28. The van der Waals surface area contributed by atoms with Gasteiger partial charge in [-0.1, -0.05) is 23.2 Å². The van der Waals surface area contributed by atoms with Crippen LogP contribution in [0.2, 0.25) is 10.0 Å². The van der Waals surface area contributed by atoms with Crippen molar-refractivity contribution in [2.24, 2.45) is 7.05 Å². The highest BCUT2D eigenvalue weighted by molar-refractivity contribution is 6.37. The first-order valence-electron chi connectivity index (χ1n) is 6.29. The largest absolute Gasteiger partial charge is 0.451 e. The standard InChI is InChI=1S/C14H13Cl2N3O3/c1-8-9(15)6-17-13(12(8)16)18-11(20)7-22-14(21)10-4-3-5-19(10)2/h3-6H,7H2,1-2H3,(H,17,18,20). The van der Waals surface area contributed by atoms with E-state index in [9.17, 15) is 9.59 Å². The number of amides is 1. The Labute approximate surface area is 137 Å². The molecule has 0 aliphatic carbocycles. The monoisotopic (exact) mass is 341 g/mol. The number of hydrogen-bond donors (Lipinski definition) is 1. The fraction of sp³-hybridized carbons (Fsp3) is 0.214. The minimum absolute atomic E-state index is 0.170. The summed E-state index contributed by atoms with van der Waals surface area (Å²) in [5, 5.41) is 3.11. The molecule has 0 saturated heterocycles. The van der Waals surface area contributed by atoms with E-state index in [1.165, 1.54) is 6.20 Å². The first kappa shape index (κ1) is 16.3. The van der Waals surface area contributed by atoms with E-state index in [0.717, 1.165) is 0 Å². The number of ether oxygens (including phenoxy) is 1. The van der Waals surface area contributed by atoms with E-state index in [2.05, 4.69) is 10.3 Å². The summed E-state index contributed by atoms with van der Waals surface area (Å²) < 4.78 is 6.52. The molecule has 116 valence electrons.